The SMILES string of the molecule is COc1ccc(C[C@H](NC(=O)[C@H](N)Cc2ccc(N=C(N)N)cc2)C(=O)N[C@@H](Cc2ccccc2)C(N)=O)cc1. The van der Waals surface area contributed by atoms with Crippen LogP contribution in [0.1, 0.15) is 16.7 Å². The van der Waals surface area contributed by atoms with Crippen molar-refractivity contribution >= 4 is 29.4 Å². The summed E-state index contributed by atoms with van der Waals surface area (Å²) in [6.45, 7) is 0. The summed E-state index contributed by atoms with van der Waals surface area (Å²) in [5, 5.41) is 5.44. The van der Waals surface area contributed by atoms with Crippen LogP contribution in [-0.4, -0.2) is 48.9 Å². The van der Waals surface area contributed by atoms with E-state index in [-0.39, 0.29) is 25.2 Å². The second kappa shape index (κ2) is 14.3. The van der Waals surface area contributed by atoms with Gasteiger partial charge in [-0.25, -0.2) is 4.99 Å². The van der Waals surface area contributed by atoms with Crippen LogP contribution in [0.3, 0.4) is 0 Å². The minimum atomic E-state index is -1.02. The number of hydrogen-bond acceptors (Lipinski definition) is 6. The van der Waals surface area contributed by atoms with Gasteiger partial charge in [0.1, 0.15) is 17.8 Å². The highest BCUT2D eigenvalue weighted by molar-refractivity contribution is 5.93. The molecule has 3 amide bonds. The highest BCUT2D eigenvalue weighted by Crippen LogP contribution is 2.15. The molecule has 0 unspecified atom stereocenters. The summed E-state index contributed by atoms with van der Waals surface area (Å²) in [5.41, 5.74) is 25.5. The standard InChI is InChI=1S/C29H35N7O4/c1-40-22-13-9-20(10-14-22)17-25(28(39)35-24(26(31)37)16-18-5-3-2-4-6-18)36-27(38)23(30)15-19-7-11-21(12-8-19)34-29(32)33/h2-14,23-25H,15-17,30H2,1H3,(H2,31,37)(H,35,39)(H,36,38)(H4,32,33,34)/t23-,24+,25+/m1/s1. The number of guanidine groups is 1. The predicted molar refractivity (Wildman–Crippen MR) is 153 cm³/mol. The molecule has 3 aromatic rings. The number of primary amides is 1. The highest BCUT2D eigenvalue weighted by atomic mass is 16.5. The summed E-state index contributed by atoms with van der Waals surface area (Å²) in [6, 6.07) is 20.3. The molecule has 210 valence electrons. The number of nitrogens with one attached hydrogen (secondary N) is 2. The van der Waals surface area contributed by atoms with Crippen molar-refractivity contribution in [2.45, 2.75) is 37.4 Å². The summed E-state index contributed by atoms with van der Waals surface area (Å²) in [5.74, 6) is -1.18. The highest BCUT2D eigenvalue weighted by Gasteiger charge is 2.28. The predicted octanol–water partition coefficient (Wildman–Crippen LogP) is 0.410. The molecule has 11 heteroatoms. The lowest BCUT2D eigenvalue weighted by Crippen LogP contribution is -2.56. The fourth-order valence-corrected chi connectivity index (χ4v) is 4.03. The number of carbonyl (C=O) groups excluding carboxylic acids is 3. The normalized spacial score (nSPS) is 12.8. The van der Waals surface area contributed by atoms with E-state index in [0.29, 0.717) is 11.4 Å². The van der Waals surface area contributed by atoms with Crippen LogP contribution in [0.2, 0.25) is 0 Å². The molecule has 3 aromatic carbocycles. The molecule has 3 atom stereocenters. The first-order valence-electron chi connectivity index (χ1n) is 12.7. The molecule has 0 spiro atoms. The molecule has 0 aliphatic carbocycles. The molecule has 10 N–H and O–H groups in total. The third-order valence-corrected chi connectivity index (χ3v) is 6.16. The smallest absolute Gasteiger partial charge is 0.243 e. The van der Waals surface area contributed by atoms with Gasteiger partial charge in [-0.1, -0.05) is 54.6 Å². The Bertz CT molecular complexity index is 1310. The van der Waals surface area contributed by atoms with Gasteiger partial charge in [0, 0.05) is 12.8 Å². The first-order valence-corrected chi connectivity index (χ1v) is 12.7. The molecule has 11 nitrogen and oxygen atoms in total. The Morgan fingerprint density at radius 2 is 1.25 bits per heavy atom. The van der Waals surface area contributed by atoms with Crippen molar-refractivity contribution in [1.82, 2.24) is 10.6 Å². The number of aliphatic imine (C=N–C) groups is 1. The number of carbonyl (C=O) groups is 3. The molecular formula is C29H35N7O4. The summed E-state index contributed by atoms with van der Waals surface area (Å²) >= 11 is 0. The second-order valence-corrected chi connectivity index (χ2v) is 9.28. The van der Waals surface area contributed by atoms with Crippen LogP contribution in [0, 0.1) is 0 Å². The molecule has 0 saturated carbocycles. The van der Waals surface area contributed by atoms with Gasteiger partial charge in [-0.05, 0) is 47.4 Å². The van der Waals surface area contributed by atoms with Gasteiger partial charge in [0.25, 0.3) is 0 Å². The van der Waals surface area contributed by atoms with E-state index in [1.807, 2.05) is 30.3 Å². The fraction of sp³-hybridized carbons (Fsp3) is 0.241. The molecule has 3 rings (SSSR count). The van der Waals surface area contributed by atoms with Gasteiger partial charge >= 0.3 is 0 Å². The van der Waals surface area contributed by atoms with Crippen LogP contribution in [0.5, 0.6) is 5.75 Å². The van der Waals surface area contributed by atoms with Crippen molar-refractivity contribution < 1.29 is 19.1 Å². The minimum absolute atomic E-state index is 0.0626. The molecule has 0 bridgehead atoms. The van der Waals surface area contributed by atoms with Crippen molar-refractivity contribution in [3.05, 3.63) is 95.6 Å². The molecule has 0 fully saturated rings. The molecule has 0 aliphatic rings. The molecule has 0 heterocycles. The van der Waals surface area contributed by atoms with E-state index >= 15 is 0 Å². The Labute approximate surface area is 233 Å². The first kappa shape index (κ1) is 29.7. The first-order chi connectivity index (χ1) is 19.1. The number of nitrogens with zero attached hydrogens (tertiary/aromatic N) is 1. The zero-order valence-corrected chi connectivity index (χ0v) is 22.2. The minimum Gasteiger partial charge on any atom is -0.497 e. The zero-order valence-electron chi connectivity index (χ0n) is 22.2. The monoisotopic (exact) mass is 545 g/mol. The van der Waals surface area contributed by atoms with Crippen LogP contribution in [0.4, 0.5) is 5.69 Å². The summed E-state index contributed by atoms with van der Waals surface area (Å²) < 4.78 is 5.20. The zero-order chi connectivity index (χ0) is 29.1. The number of benzene rings is 3. The quantitative estimate of drug-likeness (QED) is 0.132. The fourth-order valence-electron chi connectivity index (χ4n) is 4.03. The van der Waals surface area contributed by atoms with E-state index in [9.17, 15) is 14.4 Å². The van der Waals surface area contributed by atoms with E-state index in [0.717, 1.165) is 16.7 Å². The van der Waals surface area contributed by atoms with Crippen molar-refractivity contribution in [3.63, 3.8) is 0 Å². The van der Waals surface area contributed by atoms with E-state index in [4.69, 9.17) is 27.7 Å². The molecule has 0 radical (unpaired) electrons. The molecule has 0 aliphatic heterocycles. The van der Waals surface area contributed by atoms with Crippen LogP contribution in [0.25, 0.3) is 0 Å². The van der Waals surface area contributed by atoms with Crippen molar-refractivity contribution in [2.24, 2.45) is 27.9 Å². The summed E-state index contributed by atoms with van der Waals surface area (Å²) in [6.07, 6.45) is 0.571. The van der Waals surface area contributed by atoms with Gasteiger partial charge < -0.3 is 38.3 Å². The Morgan fingerprint density at radius 1 is 0.725 bits per heavy atom. The molecule has 0 aromatic heterocycles. The average molecular weight is 546 g/mol. The lowest BCUT2D eigenvalue weighted by atomic mass is 10.0. The van der Waals surface area contributed by atoms with Crippen molar-refractivity contribution in [2.75, 3.05) is 7.11 Å². The Morgan fingerprint density at radius 3 is 1.82 bits per heavy atom. The van der Waals surface area contributed by atoms with Gasteiger partial charge in [0.05, 0.1) is 18.8 Å². The van der Waals surface area contributed by atoms with Crippen LogP contribution in [-0.2, 0) is 33.6 Å². The third-order valence-electron chi connectivity index (χ3n) is 6.16. The molecule has 40 heavy (non-hydrogen) atoms. The lowest BCUT2D eigenvalue weighted by molar-refractivity contribution is -0.131. The van der Waals surface area contributed by atoms with Crippen molar-refractivity contribution in [1.29, 1.82) is 0 Å². The van der Waals surface area contributed by atoms with Crippen LogP contribution >= 0.6 is 0 Å². The molecular weight excluding hydrogens is 510 g/mol. The average Bonchev–Trinajstić information content (AvgIpc) is 2.93. The maximum atomic E-state index is 13.4. The number of ether oxygens (including phenoxy) is 1. The second-order valence-electron chi connectivity index (χ2n) is 9.28. The van der Waals surface area contributed by atoms with Gasteiger partial charge in [-0.3, -0.25) is 14.4 Å². The third kappa shape index (κ3) is 9.14. The number of methoxy groups -OCH3 is 1. The van der Waals surface area contributed by atoms with Gasteiger partial charge in [0.15, 0.2) is 5.96 Å². The lowest BCUT2D eigenvalue weighted by Gasteiger charge is -2.23. The van der Waals surface area contributed by atoms with Gasteiger partial charge in [-0.2, -0.15) is 0 Å². The Kier molecular flexibility index (Phi) is 10.6. The molecule has 0 saturated heterocycles. The number of nitrogens with two attached hydrogens (primary N) is 4. The Hall–Kier alpha value is -4.90. The van der Waals surface area contributed by atoms with Crippen LogP contribution < -0.4 is 38.3 Å². The Balaban J connectivity index is 1.74. The van der Waals surface area contributed by atoms with E-state index in [2.05, 4.69) is 15.6 Å². The van der Waals surface area contributed by atoms with E-state index in [1.54, 1.807) is 55.6 Å². The summed E-state index contributed by atoms with van der Waals surface area (Å²) in [7, 11) is 1.55. The van der Waals surface area contributed by atoms with Crippen molar-refractivity contribution in [3.8, 4) is 5.75 Å². The van der Waals surface area contributed by atoms with Gasteiger partial charge in [0.2, 0.25) is 17.7 Å². The van der Waals surface area contributed by atoms with E-state index in [1.165, 1.54) is 0 Å². The van der Waals surface area contributed by atoms with E-state index < -0.39 is 35.8 Å². The number of amides is 3. The maximum absolute atomic E-state index is 13.4. The van der Waals surface area contributed by atoms with Gasteiger partial charge in [-0.15, -0.1) is 0 Å². The summed E-state index contributed by atoms with van der Waals surface area (Å²) in [4.78, 5) is 42.6. The van der Waals surface area contributed by atoms with Crippen LogP contribution in [0.15, 0.2) is 83.9 Å². The number of hydrogen-bond donors (Lipinski definition) is 6. The topological polar surface area (TPSA) is 201 Å². The maximum Gasteiger partial charge on any atom is 0.243 e. The number of rotatable bonds is 13. The largest absolute Gasteiger partial charge is 0.497 e.